The third-order valence-corrected chi connectivity index (χ3v) is 2.71. The number of anilines is 1. The van der Waals surface area contributed by atoms with E-state index in [1.807, 2.05) is 0 Å². The van der Waals surface area contributed by atoms with Crippen LogP contribution in [0.15, 0.2) is 15.4 Å². The lowest BCUT2D eigenvalue weighted by Gasteiger charge is -2.05. The monoisotopic (exact) mass is 351 g/mol. The molecule has 5 nitrogen and oxygen atoms in total. The fourth-order valence-electron chi connectivity index (χ4n) is 1.02. The van der Waals surface area contributed by atoms with Crippen molar-refractivity contribution >= 4 is 43.6 Å². The number of rotatable bonds is 5. The van der Waals surface area contributed by atoms with E-state index in [0.717, 1.165) is 0 Å². The molecule has 7 heteroatoms. The molecule has 1 heterocycles. The van der Waals surface area contributed by atoms with Crippen LogP contribution in [0.3, 0.4) is 0 Å². The normalized spacial score (nSPS) is 10.2. The van der Waals surface area contributed by atoms with Gasteiger partial charge in [0.05, 0.1) is 6.20 Å². The van der Waals surface area contributed by atoms with E-state index in [9.17, 15) is 4.79 Å². The van der Waals surface area contributed by atoms with E-state index in [4.69, 9.17) is 5.11 Å². The van der Waals surface area contributed by atoms with E-state index < -0.39 is 0 Å². The minimum absolute atomic E-state index is 0.106. The van der Waals surface area contributed by atoms with E-state index in [2.05, 4.69) is 47.1 Å². The van der Waals surface area contributed by atoms with Gasteiger partial charge in [-0.25, -0.2) is 9.97 Å². The molecule has 1 rings (SSSR count). The highest BCUT2D eigenvalue weighted by Crippen LogP contribution is 2.19. The lowest BCUT2D eigenvalue weighted by molar-refractivity contribution is -0.116. The first kappa shape index (κ1) is 13.5. The summed E-state index contributed by atoms with van der Waals surface area (Å²) in [7, 11) is 0. The summed E-state index contributed by atoms with van der Waals surface area (Å²) in [6.45, 7) is 0.106. The Morgan fingerprint density at radius 2 is 2.19 bits per heavy atom. The SMILES string of the molecule is O=C(CCCCO)Nc1ncc(Br)nc1Br. The van der Waals surface area contributed by atoms with Gasteiger partial charge in [-0.3, -0.25) is 4.79 Å². The van der Waals surface area contributed by atoms with E-state index in [-0.39, 0.29) is 12.5 Å². The van der Waals surface area contributed by atoms with E-state index in [0.29, 0.717) is 34.3 Å². The zero-order valence-corrected chi connectivity index (χ0v) is 11.6. The van der Waals surface area contributed by atoms with E-state index in [1.165, 1.54) is 6.20 Å². The lowest BCUT2D eigenvalue weighted by atomic mass is 10.2. The number of hydrogen-bond donors (Lipinski definition) is 2. The maximum Gasteiger partial charge on any atom is 0.225 e. The molecule has 0 saturated carbocycles. The molecule has 0 atom stereocenters. The second-order valence-corrected chi connectivity index (χ2v) is 4.62. The van der Waals surface area contributed by atoms with Crippen LogP contribution in [0.5, 0.6) is 0 Å². The molecule has 0 aromatic carbocycles. The van der Waals surface area contributed by atoms with Crippen LogP contribution < -0.4 is 5.32 Å². The first-order valence-electron chi connectivity index (χ1n) is 4.72. The molecule has 16 heavy (non-hydrogen) atoms. The Bertz CT molecular complexity index is 374. The van der Waals surface area contributed by atoms with Crippen LogP contribution in [0.2, 0.25) is 0 Å². The number of halogens is 2. The Kier molecular flexibility index (Phi) is 5.86. The number of nitrogens with one attached hydrogen (secondary N) is 1. The molecule has 0 fully saturated rings. The summed E-state index contributed by atoms with van der Waals surface area (Å²) < 4.78 is 1.08. The Hall–Kier alpha value is -0.530. The molecule has 1 aromatic heterocycles. The molecule has 0 bridgehead atoms. The van der Waals surface area contributed by atoms with Crippen LogP contribution in [-0.2, 0) is 4.79 Å². The highest BCUT2D eigenvalue weighted by atomic mass is 79.9. The van der Waals surface area contributed by atoms with Gasteiger partial charge in [0.15, 0.2) is 5.82 Å². The van der Waals surface area contributed by atoms with Crippen molar-refractivity contribution < 1.29 is 9.90 Å². The molecule has 0 unspecified atom stereocenters. The molecule has 1 aromatic rings. The summed E-state index contributed by atoms with van der Waals surface area (Å²) in [5.74, 6) is 0.267. The molecule has 0 spiro atoms. The predicted molar refractivity (Wildman–Crippen MR) is 67.0 cm³/mol. The van der Waals surface area contributed by atoms with E-state index >= 15 is 0 Å². The highest BCUT2D eigenvalue weighted by Gasteiger charge is 2.07. The summed E-state index contributed by atoms with van der Waals surface area (Å²) in [4.78, 5) is 19.5. The smallest absolute Gasteiger partial charge is 0.225 e. The number of aliphatic hydroxyl groups is 1. The summed E-state index contributed by atoms with van der Waals surface area (Å²) in [6.07, 6.45) is 3.16. The summed E-state index contributed by atoms with van der Waals surface area (Å²) >= 11 is 6.37. The zero-order valence-electron chi connectivity index (χ0n) is 8.41. The fourth-order valence-corrected chi connectivity index (χ4v) is 1.93. The standard InChI is InChI=1S/C9H11Br2N3O2/c10-6-5-12-9(8(11)13-6)14-7(16)3-1-2-4-15/h5,15H,1-4H2,(H,12,14,16). The summed E-state index contributed by atoms with van der Waals surface area (Å²) in [5, 5.41) is 11.2. The Morgan fingerprint density at radius 3 is 2.81 bits per heavy atom. The minimum Gasteiger partial charge on any atom is -0.396 e. The Balaban J connectivity index is 2.49. The van der Waals surface area contributed by atoms with Crippen molar-refractivity contribution in [2.24, 2.45) is 0 Å². The molecule has 0 saturated heterocycles. The number of aliphatic hydroxyl groups excluding tert-OH is 1. The first-order chi connectivity index (χ1) is 7.63. The molecule has 0 radical (unpaired) electrons. The predicted octanol–water partition coefficient (Wildman–Crippen LogP) is 2.10. The molecular formula is C9H11Br2N3O2. The highest BCUT2D eigenvalue weighted by molar-refractivity contribution is 9.11. The lowest BCUT2D eigenvalue weighted by Crippen LogP contribution is -2.13. The van der Waals surface area contributed by atoms with Crippen molar-refractivity contribution in [3.63, 3.8) is 0 Å². The van der Waals surface area contributed by atoms with Crippen LogP contribution in [0, 0.1) is 0 Å². The molecule has 2 N–H and O–H groups in total. The Labute approximate surface area is 110 Å². The van der Waals surface area contributed by atoms with Crippen LogP contribution in [0.25, 0.3) is 0 Å². The van der Waals surface area contributed by atoms with Gasteiger partial charge in [-0.15, -0.1) is 0 Å². The number of carbonyl (C=O) groups is 1. The fraction of sp³-hybridized carbons (Fsp3) is 0.444. The van der Waals surface area contributed by atoms with Gasteiger partial charge < -0.3 is 10.4 Å². The Morgan fingerprint density at radius 1 is 1.44 bits per heavy atom. The number of carbonyl (C=O) groups excluding carboxylic acids is 1. The van der Waals surface area contributed by atoms with Crippen molar-refractivity contribution in [2.45, 2.75) is 19.3 Å². The van der Waals surface area contributed by atoms with Crippen LogP contribution in [0.4, 0.5) is 5.82 Å². The van der Waals surface area contributed by atoms with Crippen LogP contribution >= 0.6 is 31.9 Å². The minimum atomic E-state index is -0.134. The van der Waals surface area contributed by atoms with Gasteiger partial charge in [-0.05, 0) is 44.7 Å². The number of amides is 1. The third-order valence-electron chi connectivity index (χ3n) is 1.77. The van der Waals surface area contributed by atoms with Gasteiger partial charge in [0.1, 0.15) is 9.21 Å². The average Bonchev–Trinajstić information content (AvgIpc) is 2.23. The van der Waals surface area contributed by atoms with Crippen molar-refractivity contribution in [3.8, 4) is 0 Å². The van der Waals surface area contributed by atoms with Crippen molar-refractivity contribution in [1.29, 1.82) is 0 Å². The number of aromatic nitrogens is 2. The molecule has 0 aliphatic rings. The maximum atomic E-state index is 11.4. The maximum absolute atomic E-state index is 11.4. The average molecular weight is 353 g/mol. The van der Waals surface area contributed by atoms with Gasteiger partial charge in [0, 0.05) is 13.0 Å². The number of nitrogens with zero attached hydrogens (tertiary/aromatic N) is 2. The molecule has 0 aliphatic heterocycles. The van der Waals surface area contributed by atoms with Gasteiger partial charge in [0.2, 0.25) is 5.91 Å². The van der Waals surface area contributed by atoms with E-state index in [1.54, 1.807) is 0 Å². The largest absolute Gasteiger partial charge is 0.396 e. The van der Waals surface area contributed by atoms with Gasteiger partial charge in [-0.1, -0.05) is 0 Å². The van der Waals surface area contributed by atoms with Crippen molar-refractivity contribution in [2.75, 3.05) is 11.9 Å². The number of unbranched alkanes of at least 4 members (excludes halogenated alkanes) is 1. The summed E-state index contributed by atoms with van der Waals surface area (Å²) in [6, 6.07) is 0. The van der Waals surface area contributed by atoms with Crippen molar-refractivity contribution in [1.82, 2.24) is 9.97 Å². The van der Waals surface area contributed by atoms with Gasteiger partial charge in [0.25, 0.3) is 0 Å². The zero-order chi connectivity index (χ0) is 12.0. The quantitative estimate of drug-likeness (QED) is 0.796. The van der Waals surface area contributed by atoms with Crippen LogP contribution in [-0.4, -0.2) is 27.6 Å². The van der Waals surface area contributed by atoms with Crippen LogP contribution in [0.1, 0.15) is 19.3 Å². The first-order valence-corrected chi connectivity index (χ1v) is 6.31. The van der Waals surface area contributed by atoms with Gasteiger partial charge >= 0.3 is 0 Å². The molecular weight excluding hydrogens is 342 g/mol. The topological polar surface area (TPSA) is 75.1 Å². The second kappa shape index (κ2) is 6.93. The number of hydrogen-bond acceptors (Lipinski definition) is 4. The van der Waals surface area contributed by atoms with Gasteiger partial charge in [-0.2, -0.15) is 0 Å². The molecule has 1 amide bonds. The summed E-state index contributed by atoms with van der Waals surface area (Å²) in [5.41, 5.74) is 0. The van der Waals surface area contributed by atoms with Crippen molar-refractivity contribution in [3.05, 3.63) is 15.4 Å². The third kappa shape index (κ3) is 4.54. The molecule has 0 aliphatic carbocycles. The second-order valence-electron chi connectivity index (χ2n) is 3.06. The molecule has 88 valence electrons.